The average molecular weight is 1100 g/mol. The summed E-state index contributed by atoms with van der Waals surface area (Å²) in [6.07, 6.45) is 77.0. The van der Waals surface area contributed by atoms with Gasteiger partial charge in [-0.25, -0.2) is 0 Å². The van der Waals surface area contributed by atoms with Crippen molar-refractivity contribution in [2.24, 2.45) is 23.7 Å². The summed E-state index contributed by atoms with van der Waals surface area (Å²) in [5, 5.41) is 0. The Balaban J connectivity index is 6.24. The third-order valence-electron chi connectivity index (χ3n) is 18.1. The number of ether oxygens (including phenoxy) is 2. The van der Waals surface area contributed by atoms with Crippen LogP contribution in [0.4, 0.5) is 0 Å². The summed E-state index contributed by atoms with van der Waals surface area (Å²) in [4.78, 5) is 29.7. The number of hydrogen-bond acceptors (Lipinski definition) is 4. The molecule has 4 atom stereocenters. The van der Waals surface area contributed by atoms with Gasteiger partial charge in [-0.3, -0.25) is 9.59 Å². The van der Waals surface area contributed by atoms with E-state index in [0.717, 1.165) is 64.2 Å². The third kappa shape index (κ3) is 54.2. The molecule has 0 aromatic heterocycles. The molecule has 0 saturated carbocycles. The maximum Gasteiger partial charge on any atom is 0.309 e. The molecular formula is C74H146O4. The highest BCUT2D eigenvalue weighted by Crippen LogP contribution is 2.31. The van der Waals surface area contributed by atoms with Crippen LogP contribution in [0.5, 0.6) is 0 Å². The van der Waals surface area contributed by atoms with Gasteiger partial charge < -0.3 is 9.47 Å². The van der Waals surface area contributed by atoms with Crippen LogP contribution < -0.4 is 0 Å². The maximum atomic E-state index is 14.9. The lowest BCUT2D eigenvalue weighted by Crippen LogP contribution is -2.34. The molecule has 0 radical (unpaired) electrons. The van der Waals surface area contributed by atoms with Crippen LogP contribution >= 0.6 is 0 Å². The minimum Gasteiger partial charge on any atom is -0.465 e. The van der Waals surface area contributed by atoms with E-state index in [2.05, 4.69) is 41.5 Å². The van der Waals surface area contributed by atoms with Gasteiger partial charge in [0.05, 0.1) is 25.0 Å². The van der Waals surface area contributed by atoms with Gasteiger partial charge in [-0.05, 0) is 50.4 Å². The first-order valence-corrected chi connectivity index (χ1v) is 36.8. The van der Waals surface area contributed by atoms with Crippen molar-refractivity contribution < 1.29 is 19.1 Å². The molecule has 4 unspecified atom stereocenters. The van der Waals surface area contributed by atoms with Gasteiger partial charge in [-0.1, -0.05) is 388 Å². The summed E-state index contributed by atoms with van der Waals surface area (Å²) >= 11 is 0. The topological polar surface area (TPSA) is 52.6 Å². The van der Waals surface area contributed by atoms with Crippen molar-refractivity contribution in [3.05, 3.63) is 0 Å². The Labute approximate surface area is 492 Å². The zero-order valence-electron chi connectivity index (χ0n) is 54.8. The molecule has 0 amide bonds. The first-order valence-electron chi connectivity index (χ1n) is 36.8. The monoisotopic (exact) mass is 1100 g/mol. The highest BCUT2D eigenvalue weighted by molar-refractivity contribution is 5.82. The Morgan fingerprint density at radius 1 is 0.205 bits per heavy atom. The lowest BCUT2D eigenvalue weighted by Gasteiger charge is -2.27. The van der Waals surface area contributed by atoms with E-state index in [9.17, 15) is 9.59 Å². The van der Waals surface area contributed by atoms with Gasteiger partial charge in [0.1, 0.15) is 0 Å². The molecule has 0 spiro atoms. The summed E-state index contributed by atoms with van der Waals surface area (Å²) in [6, 6.07) is 0. The van der Waals surface area contributed by atoms with Gasteiger partial charge in [-0.2, -0.15) is 0 Å². The minimum absolute atomic E-state index is 0.0861. The Morgan fingerprint density at radius 3 is 0.513 bits per heavy atom. The van der Waals surface area contributed by atoms with E-state index in [0.29, 0.717) is 25.0 Å². The Morgan fingerprint density at radius 2 is 0.346 bits per heavy atom. The molecule has 0 bridgehead atoms. The zero-order chi connectivity index (χ0) is 56.7. The number of hydrogen-bond donors (Lipinski definition) is 0. The summed E-state index contributed by atoms with van der Waals surface area (Å²) in [6.45, 7) is 14.9. The van der Waals surface area contributed by atoms with E-state index >= 15 is 0 Å². The number of carbonyl (C=O) groups excluding carboxylic acids is 2. The summed E-state index contributed by atoms with van der Waals surface area (Å²) in [7, 11) is 0. The van der Waals surface area contributed by atoms with Crippen LogP contribution in [0.1, 0.15) is 427 Å². The lowest BCUT2D eigenvalue weighted by atomic mass is 9.83. The van der Waals surface area contributed by atoms with Gasteiger partial charge >= 0.3 is 11.9 Å². The number of esters is 2. The number of unbranched alkanes of at least 4 members (excludes halogenated alkanes) is 48. The molecule has 4 heteroatoms. The van der Waals surface area contributed by atoms with E-state index in [-0.39, 0.29) is 11.9 Å². The lowest BCUT2D eigenvalue weighted by molar-refractivity contribution is -0.163. The Kier molecular flexibility index (Phi) is 64.2. The molecule has 78 heavy (non-hydrogen) atoms. The summed E-state index contributed by atoms with van der Waals surface area (Å²) in [5.41, 5.74) is 0. The van der Waals surface area contributed by atoms with Gasteiger partial charge in [0.15, 0.2) is 0 Å². The minimum atomic E-state index is -0.398. The molecule has 0 aliphatic carbocycles. The molecule has 0 aromatic rings. The van der Waals surface area contributed by atoms with E-state index in [1.165, 1.54) is 321 Å². The second-order valence-corrected chi connectivity index (χ2v) is 25.9. The van der Waals surface area contributed by atoms with E-state index in [1.807, 2.05) is 0 Å². The first kappa shape index (κ1) is 76.9. The largest absolute Gasteiger partial charge is 0.465 e. The zero-order valence-corrected chi connectivity index (χ0v) is 54.8. The van der Waals surface area contributed by atoms with Crippen LogP contribution in [-0.4, -0.2) is 25.2 Å². The Hall–Kier alpha value is -1.06. The predicted octanol–water partition coefficient (Wildman–Crippen LogP) is 26.1. The molecule has 0 saturated heterocycles. The normalized spacial score (nSPS) is 13.3. The van der Waals surface area contributed by atoms with Crippen LogP contribution in [0.2, 0.25) is 0 Å². The van der Waals surface area contributed by atoms with Crippen molar-refractivity contribution in [1.29, 1.82) is 0 Å². The smallest absolute Gasteiger partial charge is 0.309 e. The second kappa shape index (κ2) is 65.1. The SMILES string of the molecule is CCCCCCCCCCCCCCCCC(C(=O)OCC(CCCCCCCC)CCCCCCCCCC)C(CCCCCCCCCCCCCC)C(=O)OCC(CCCCCCCC)CCCCCCCCCC. The fourth-order valence-electron chi connectivity index (χ4n) is 12.5. The average Bonchev–Trinajstić information content (AvgIpc) is 3.44. The molecule has 0 heterocycles. The summed E-state index contributed by atoms with van der Waals surface area (Å²) < 4.78 is 13.2. The van der Waals surface area contributed by atoms with E-state index < -0.39 is 11.8 Å². The van der Waals surface area contributed by atoms with Crippen molar-refractivity contribution in [3.8, 4) is 0 Å². The fraction of sp³-hybridized carbons (Fsp3) is 0.973. The van der Waals surface area contributed by atoms with Gasteiger partial charge in [0.25, 0.3) is 0 Å². The van der Waals surface area contributed by atoms with Crippen molar-refractivity contribution in [1.82, 2.24) is 0 Å². The molecule has 0 aliphatic heterocycles. The van der Waals surface area contributed by atoms with Crippen molar-refractivity contribution >= 4 is 11.9 Å². The quantitative estimate of drug-likeness (QED) is 0.0450. The van der Waals surface area contributed by atoms with Crippen LogP contribution in [0, 0.1) is 23.7 Å². The molecule has 466 valence electrons. The van der Waals surface area contributed by atoms with Crippen LogP contribution in [0.25, 0.3) is 0 Å². The van der Waals surface area contributed by atoms with Crippen LogP contribution in [0.3, 0.4) is 0 Å². The van der Waals surface area contributed by atoms with E-state index in [1.54, 1.807) is 0 Å². The van der Waals surface area contributed by atoms with Gasteiger partial charge in [0.2, 0.25) is 0 Å². The molecule has 4 nitrogen and oxygen atoms in total. The fourth-order valence-corrected chi connectivity index (χ4v) is 12.5. The second-order valence-electron chi connectivity index (χ2n) is 25.9. The molecule has 0 N–H and O–H groups in total. The number of rotatable bonds is 67. The van der Waals surface area contributed by atoms with Crippen molar-refractivity contribution in [2.75, 3.05) is 13.2 Å². The van der Waals surface area contributed by atoms with Crippen LogP contribution in [0.15, 0.2) is 0 Å². The standard InChI is InChI=1S/C74H146O4/c1-7-13-19-25-31-35-37-39-40-42-44-48-54-60-66-72(74(76)78-68-70(62-56-50-30-24-18-12-6)64-58-52-46-34-28-22-16-10-4)71(65-59-53-47-43-41-38-36-32-26-20-14-8-2)73(75)77-67-69(61-55-49-29-23-17-11-5)63-57-51-45-33-27-21-15-9-3/h69-72H,7-68H2,1-6H3. The first-order chi connectivity index (χ1) is 38.5. The van der Waals surface area contributed by atoms with Gasteiger partial charge in [-0.15, -0.1) is 0 Å². The highest BCUT2D eigenvalue weighted by atomic mass is 16.5. The van der Waals surface area contributed by atoms with Crippen molar-refractivity contribution in [3.63, 3.8) is 0 Å². The summed E-state index contributed by atoms with van der Waals surface area (Å²) in [5.74, 6) is -0.130. The third-order valence-corrected chi connectivity index (χ3v) is 18.1. The predicted molar refractivity (Wildman–Crippen MR) is 347 cm³/mol. The van der Waals surface area contributed by atoms with E-state index in [4.69, 9.17) is 9.47 Å². The molecular weight excluding hydrogens is 953 g/mol. The maximum absolute atomic E-state index is 14.9. The molecule has 0 aromatic carbocycles. The van der Waals surface area contributed by atoms with Crippen LogP contribution in [-0.2, 0) is 19.1 Å². The van der Waals surface area contributed by atoms with Gasteiger partial charge in [0, 0.05) is 0 Å². The van der Waals surface area contributed by atoms with Crippen molar-refractivity contribution in [2.45, 2.75) is 427 Å². The Bertz CT molecular complexity index is 1150. The number of carbonyl (C=O) groups is 2. The molecule has 0 aliphatic rings. The molecule has 0 rings (SSSR count). The highest BCUT2D eigenvalue weighted by Gasteiger charge is 2.36. The molecule has 0 fully saturated rings.